The second-order valence-electron chi connectivity index (χ2n) is 8.04. The van der Waals surface area contributed by atoms with Gasteiger partial charge in [0.05, 0.1) is 12.0 Å². The van der Waals surface area contributed by atoms with E-state index in [0.717, 1.165) is 6.42 Å². The molecule has 0 unspecified atom stereocenters. The highest BCUT2D eigenvalue weighted by molar-refractivity contribution is 6.69. The fraction of sp³-hybridized carbons (Fsp3) is 0.929. The van der Waals surface area contributed by atoms with Crippen molar-refractivity contribution in [3.63, 3.8) is 0 Å². The minimum atomic E-state index is -1.64. The monoisotopic (exact) mass is 317 g/mol. The summed E-state index contributed by atoms with van der Waals surface area (Å²) in [5.41, 5.74) is 0.0524. The highest BCUT2D eigenvalue weighted by Gasteiger charge is 2.45. The maximum Gasteiger partial charge on any atom is 0.229 e. The van der Waals surface area contributed by atoms with E-state index in [9.17, 15) is 4.79 Å². The quantitative estimate of drug-likeness (QED) is 0.605. The lowest BCUT2D eigenvalue weighted by Gasteiger charge is -2.43. The van der Waals surface area contributed by atoms with Gasteiger partial charge in [0.25, 0.3) is 0 Å². The third kappa shape index (κ3) is 5.31. The van der Waals surface area contributed by atoms with Gasteiger partial charge >= 0.3 is 0 Å². The second kappa shape index (κ2) is 6.29. The van der Waals surface area contributed by atoms with Crippen molar-refractivity contribution in [2.75, 3.05) is 0 Å². The lowest BCUT2D eigenvalue weighted by atomic mass is 9.81. The van der Waals surface area contributed by atoms with Crippen molar-refractivity contribution in [1.29, 1.82) is 0 Å². The smallest absolute Gasteiger partial charge is 0.229 e. The van der Waals surface area contributed by atoms with Crippen LogP contribution >= 0.6 is 0 Å². The maximum atomic E-state index is 11.9. The Labute approximate surface area is 126 Å². The molecule has 1 rings (SSSR count). The summed E-state index contributed by atoms with van der Waals surface area (Å²) >= 11 is 0. The fourth-order valence-electron chi connectivity index (χ4n) is 2.28. The average Bonchev–Trinajstić information content (AvgIpc) is 2.19. The van der Waals surface area contributed by atoms with Gasteiger partial charge in [0.1, 0.15) is 6.23 Å². The van der Waals surface area contributed by atoms with Gasteiger partial charge in [0, 0.05) is 0 Å². The SMILES string of the molecule is C[SiH](C)O[C@H](C[C@H]1C(=O)N[C@@H]1O[Si](C)(C)C)C(C)(C)C. The van der Waals surface area contributed by atoms with Crippen molar-refractivity contribution in [2.24, 2.45) is 11.3 Å². The van der Waals surface area contributed by atoms with Crippen molar-refractivity contribution in [1.82, 2.24) is 5.32 Å². The van der Waals surface area contributed by atoms with Gasteiger partial charge in [-0.1, -0.05) is 20.8 Å². The summed E-state index contributed by atoms with van der Waals surface area (Å²) in [7, 11) is -2.76. The van der Waals surface area contributed by atoms with Crippen molar-refractivity contribution < 1.29 is 13.6 Å². The van der Waals surface area contributed by atoms with Gasteiger partial charge in [-0.15, -0.1) is 0 Å². The first-order valence-corrected chi connectivity index (χ1v) is 13.7. The summed E-state index contributed by atoms with van der Waals surface area (Å²) in [5.74, 6) is 0.0511. The summed E-state index contributed by atoms with van der Waals surface area (Å²) in [5, 5.41) is 2.89. The molecule has 4 nitrogen and oxygen atoms in total. The van der Waals surface area contributed by atoms with E-state index >= 15 is 0 Å². The summed E-state index contributed by atoms with van der Waals surface area (Å²) in [6.45, 7) is 17.3. The first-order chi connectivity index (χ1) is 8.90. The maximum absolute atomic E-state index is 11.9. The molecule has 1 amide bonds. The molecule has 6 heteroatoms. The molecule has 0 aromatic heterocycles. The van der Waals surface area contributed by atoms with Crippen LogP contribution in [0.2, 0.25) is 32.7 Å². The van der Waals surface area contributed by atoms with E-state index < -0.39 is 17.4 Å². The highest BCUT2D eigenvalue weighted by Crippen LogP contribution is 2.33. The topological polar surface area (TPSA) is 47.6 Å². The fourth-order valence-corrected chi connectivity index (χ4v) is 4.45. The summed E-state index contributed by atoms with van der Waals surface area (Å²) in [6.07, 6.45) is 0.768. The van der Waals surface area contributed by atoms with Crippen molar-refractivity contribution in [2.45, 2.75) is 72.3 Å². The van der Waals surface area contributed by atoms with Gasteiger partial charge in [-0.3, -0.25) is 4.79 Å². The summed E-state index contributed by atoms with van der Waals surface area (Å²) < 4.78 is 12.2. The lowest BCUT2D eigenvalue weighted by molar-refractivity contribution is -0.148. The van der Waals surface area contributed by atoms with Crippen LogP contribution in [-0.4, -0.2) is 35.6 Å². The van der Waals surface area contributed by atoms with Gasteiger partial charge in [-0.2, -0.15) is 0 Å². The molecular weight excluding hydrogens is 286 g/mol. The van der Waals surface area contributed by atoms with Gasteiger partial charge in [-0.05, 0) is 44.6 Å². The Morgan fingerprint density at radius 1 is 1.30 bits per heavy atom. The molecular formula is C14H31NO3Si2. The molecule has 0 aliphatic carbocycles. The molecule has 0 aromatic carbocycles. The lowest BCUT2D eigenvalue weighted by Crippen LogP contribution is -2.63. The van der Waals surface area contributed by atoms with Crippen molar-refractivity contribution in [3.05, 3.63) is 0 Å². The summed E-state index contributed by atoms with van der Waals surface area (Å²) in [6, 6.07) is 0. The van der Waals surface area contributed by atoms with Crippen LogP contribution in [0.25, 0.3) is 0 Å². The van der Waals surface area contributed by atoms with E-state index in [-0.39, 0.29) is 29.6 Å². The molecule has 0 bridgehead atoms. The Bertz CT molecular complexity index is 347. The number of hydrogen-bond donors (Lipinski definition) is 1. The van der Waals surface area contributed by atoms with Gasteiger partial charge in [-0.25, -0.2) is 0 Å². The number of β-lactam (4-membered cyclic amide) rings is 1. The van der Waals surface area contributed by atoms with Crippen LogP contribution < -0.4 is 5.32 Å². The third-order valence-electron chi connectivity index (χ3n) is 3.34. The predicted octanol–water partition coefficient (Wildman–Crippen LogP) is 2.71. The number of amides is 1. The van der Waals surface area contributed by atoms with Gasteiger partial charge < -0.3 is 14.2 Å². The van der Waals surface area contributed by atoms with Gasteiger partial charge in [0.15, 0.2) is 17.4 Å². The van der Waals surface area contributed by atoms with Crippen LogP contribution in [0.3, 0.4) is 0 Å². The van der Waals surface area contributed by atoms with Crippen LogP contribution in [0.4, 0.5) is 0 Å². The molecule has 1 saturated heterocycles. The largest absolute Gasteiger partial charge is 0.417 e. The molecule has 118 valence electrons. The number of rotatable bonds is 6. The molecule has 0 saturated carbocycles. The van der Waals surface area contributed by atoms with Crippen molar-refractivity contribution in [3.8, 4) is 0 Å². The van der Waals surface area contributed by atoms with Crippen LogP contribution in [0.1, 0.15) is 27.2 Å². The second-order valence-corrected chi connectivity index (χ2v) is 14.9. The molecule has 1 N–H and O–H groups in total. The number of nitrogens with one attached hydrogen (secondary N) is 1. The first kappa shape index (κ1) is 17.9. The molecule has 3 atom stereocenters. The minimum absolute atomic E-state index is 0.0524. The third-order valence-corrected chi connectivity index (χ3v) is 5.17. The van der Waals surface area contributed by atoms with Crippen LogP contribution in [0.5, 0.6) is 0 Å². The number of carbonyl (C=O) groups excluding carboxylic acids is 1. The Morgan fingerprint density at radius 3 is 2.20 bits per heavy atom. The Kier molecular flexibility index (Phi) is 5.63. The molecule has 20 heavy (non-hydrogen) atoms. The van der Waals surface area contributed by atoms with Crippen LogP contribution in [0, 0.1) is 11.3 Å². The minimum Gasteiger partial charge on any atom is -0.417 e. The standard InChI is InChI=1S/C14H31NO3Si2/c1-14(2,3)11(17-19(4)5)9-10-12(16)15-13(10)18-20(6,7)8/h10-11,13,19H,9H2,1-8H3,(H,15,16)/t10-,11+,13+/m0/s1. The van der Waals surface area contributed by atoms with E-state index in [4.69, 9.17) is 8.85 Å². The Balaban J connectivity index is 2.69. The highest BCUT2D eigenvalue weighted by atomic mass is 28.4. The molecule has 1 aliphatic heterocycles. The zero-order chi connectivity index (χ0) is 15.7. The summed E-state index contributed by atoms with van der Waals surface area (Å²) in [4.78, 5) is 11.9. The van der Waals surface area contributed by atoms with Crippen LogP contribution in [0.15, 0.2) is 0 Å². The van der Waals surface area contributed by atoms with Crippen molar-refractivity contribution >= 4 is 23.3 Å². The zero-order valence-corrected chi connectivity index (χ0v) is 16.4. The molecule has 0 spiro atoms. The van der Waals surface area contributed by atoms with Gasteiger partial charge in [0.2, 0.25) is 5.91 Å². The Morgan fingerprint density at radius 2 is 1.85 bits per heavy atom. The van der Waals surface area contributed by atoms with E-state index in [1.165, 1.54) is 0 Å². The molecule has 1 heterocycles. The van der Waals surface area contributed by atoms with E-state index in [1.807, 2.05) is 0 Å². The van der Waals surface area contributed by atoms with E-state index in [2.05, 4.69) is 58.8 Å². The average molecular weight is 318 g/mol. The molecule has 0 aromatic rings. The molecule has 0 radical (unpaired) electrons. The van der Waals surface area contributed by atoms with E-state index in [0.29, 0.717) is 0 Å². The molecule has 1 fully saturated rings. The first-order valence-electron chi connectivity index (χ1n) is 7.54. The number of carbonyl (C=O) groups is 1. The Hall–Kier alpha value is -0.176. The molecule has 1 aliphatic rings. The zero-order valence-electron chi connectivity index (χ0n) is 14.2. The predicted molar refractivity (Wildman–Crippen MR) is 87.7 cm³/mol. The van der Waals surface area contributed by atoms with E-state index in [1.54, 1.807) is 0 Å². The number of hydrogen-bond acceptors (Lipinski definition) is 3. The van der Waals surface area contributed by atoms with Crippen LogP contribution in [-0.2, 0) is 13.6 Å². The normalized spacial score (nSPS) is 25.4.